The lowest BCUT2D eigenvalue weighted by atomic mass is 10.0. The molecule has 0 aromatic heterocycles. The van der Waals surface area contributed by atoms with E-state index in [4.69, 9.17) is 0 Å². The van der Waals surface area contributed by atoms with E-state index in [0.29, 0.717) is 5.92 Å². The molecule has 1 atom stereocenters. The monoisotopic (exact) mass is 222 g/mol. The van der Waals surface area contributed by atoms with Crippen LogP contribution < -0.4 is 0 Å². The van der Waals surface area contributed by atoms with Gasteiger partial charge in [0.15, 0.2) is 0 Å². The average Bonchev–Trinajstić information content (AvgIpc) is 3.06. The van der Waals surface area contributed by atoms with Gasteiger partial charge in [0.2, 0.25) is 0 Å². The van der Waals surface area contributed by atoms with Crippen molar-refractivity contribution in [3.63, 3.8) is 0 Å². The molecule has 1 aromatic carbocycles. The number of aryl methyl sites for hydroxylation is 2. The summed E-state index contributed by atoms with van der Waals surface area (Å²) in [7, 11) is 0. The van der Waals surface area contributed by atoms with Crippen LogP contribution in [-0.4, -0.2) is 11.2 Å². The van der Waals surface area contributed by atoms with Crippen molar-refractivity contribution in [2.75, 3.05) is 0 Å². The Kier molecular flexibility index (Phi) is 3.59. The van der Waals surface area contributed by atoms with E-state index < -0.39 is 0 Å². The van der Waals surface area contributed by atoms with Crippen molar-refractivity contribution in [1.29, 1.82) is 0 Å². The Balaban J connectivity index is 1.81. The lowest BCUT2D eigenvalue weighted by molar-refractivity contribution is 0.139. The summed E-state index contributed by atoms with van der Waals surface area (Å²) in [6.45, 7) is 2.01. The number of rotatable bonds is 5. The fourth-order valence-electron chi connectivity index (χ4n) is 2.13. The van der Waals surface area contributed by atoms with Crippen molar-refractivity contribution < 1.29 is 9.50 Å². The van der Waals surface area contributed by atoms with Gasteiger partial charge in [0, 0.05) is 0 Å². The molecule has 1 unspecified atom stereocenters. The van der Waals surface area contributed by atoms with Gasteiger partial charge in [-0.3, -0.25) is 0 Å². The molecule has 88 valence electrons. The van der Waals surface area contributed by atoms with Crippen LogP contribution in [0.3, 0.4) is 0 Å². The maximum Gasteiger partial charge on any atom is 0.123 e. The van der Waals surface area contributed by atoms with E-state index in [9.17, 15) is 9.50 Å². The van der Waals surface area contributed by atoms with Crippen LogP contribution in [0.1, 0.15) is 36.8 Å². The van der Waals surface area contributed by atoms with Crippen molar-refractivity contribution in [3.8, 4) is 0 Å². The molecule has 1 nitrogen and oxygen atoms in total. The molecule has 0 amide bonds. The van der Waals surface area contributed by atoms with Gasteiger partial charge in [-0.2, -0.15) is 0 Å². The summed E-state index contributed by atoms with van der Waals surface area (Å²) in [5.41, 5.74) is 2.21. The maximum atomic E-state index is 13.0. The third-order valence-corrected chi connectivity index (χ3v) is 3.42. The van der Waals surface area contributed by atoms with Gasteiger partial charge in [-0.05, 0) is 68.2 Å². The second-order valence-electron chi connectivity index (χ2n) is 4.87. The summed E-state index contributed by atoms with van der Waals surface area (Å²) in [5, 5.41) is 9.72. The molecule has 1 saturated carbocycles. The van der Waals surface area contributed by atoms with Crippen LogP contribution in [0, 0.1) is 18.7 Å². The highest BCUT2D eigenvalue weighted by Gasteiger charge is 2.28. The van der Waals surface area contributed by atoms with Gasteiger partial charge in [0.1, 0.15) is 5.82 Å². The molecule has 0 aliphatic heterocycles. The standard InChI is InChI=1S/C14H19FO/c1-10-5-8-13(15)9-12(10)3-2-4-14(16)11-6-7-11/h5,8-9,11,14,16H,2-4,6-7H2,1H3. The topological polar surface area (TPSA) is 20.2 Å². The fourth-order valence-corrected chi connectivity index (χ4v) is 2.13. The van der Waals surface area contributed by atoms with E-state index >= 15 is 0 Å². The zero-order valence-corrected chi connectivity index (χ0v) is 9.75. The van der Waals surface area contributed by atoms with Gasteiger partial charge >= 0.3 is 0 Å². The number of aliphatic hydroxyl groups is 1. The summed E-state index contributed by atoms with van der Waals surface area (Å²) < 4.78 is 13.0. The van der Waals surface area contributed by atoms with Crippen molar-refractivity contribution in [1.82, 2.24) is 0 Å². The van der Waals surface area contributed by atoms with E-state index in [0.717, 1.165) is 30.4 Å². The summed E-state index contributed by atoms with van der Waals surface area (Å²) in [5.74, 6) is 0.386. The highest BCUT2D eigenvalue weighted by molar-refractivity contribution is 5.26. The van der Waals surface area contributed by atoms with Crippen LogP contribution in [0.15, 0.2) is 18.2 Å². The summed E-state index contributed by atoms with van der Waals surface area (Å²) in [6.07, 6.45) is 4.89. The van der Waals surface area contributed by atoms with Gasteiger partial charge in [0.25, 0.3) is 0 Å². The molecule has 0 radical (unpaired) electrons. The van der Waals surface area contributed by atoms with Gasteiger partial charge in [-0.15, -0.1) is 0 Å². The first-order valence-electron chi connectivity index (χ1n) is 6.10. The molecule has 1 aromatic rings. The molecule has 2 heteroatoms. The summed E-state index contributed by atoms with van der Waals surface area (Å²) >= 11 is 0. The molecule has 0 saturated heterocycles. The van der Waals surface area contributed by atoms with Gasteiger partial charge in [0.05, 0.1) is 6.10 Å². The Labute approximate surface area is 96.3 Å². The number of aliphatic hydroxyl groups excluding tert-OH is 1. The zero-order valence-electron chi connectivity index (χ0n) is 9.75. The van der Waals surface area contributed by atoms with E-state index in [1.54, 1.807) is 6.07 Å². The van der Waals surface area contributed by atoms with Crippen LogP contribution in [0.5, 0.6) is 0 Å². The average molecular weight is 222 g/mol. The molecule has 1 fully saturated rings. The first-order valence-corrected chi connectivity index (χ1v) is 6.10. The highest BCUT2D eigenvalue weighted by atomic mass is 19.1. The first kappa shape index (κ1) is 11.6. The van der Waals surface area contributed by atoms with E-state index in [2.05, 4.69) is 0 Å². The quantitative estimate of drug-likeness (QED) is 0.811. The second kappa shape index (κ2) is 4.96. The minimum atomic E-state index is -0.164. The van der Waals surface area contributed by atoms with Crippen LogP contribution >= 0.6 is 0 Å². The van der Waals surface area contributed by atoms with Crippen molar-refractivity contribution in [2.24, 2.45) is 5.92 Å². The first-order chi connectivity index (χ1) is 7.66. The minimum Gasteiger partial charge on any atom is -0.393 e. The second-order valence-corrected chi connectivity index (χ2v) is 4.87. The van der Waals surface area contributed by atoms with Crippen molar-refractivity contribution in [3.05, 3.63) is 35.1 Å². The Bertz CT molecular complexity index is 358. The molecule has 1 aliphatic carbocycles. The number of benzene rings is 1. The van der Waals surface area contributed by atoms with Crippen LogP contribution in [0.25, 0.3) is 0 Å². The Morgan fingerprint density at radius 1 is 1.44 bits per heavy atom. The third kappa shape index (κ3) is 3.05. The normalized spacial score (nSPS) is 17.4. The minimum absolute atomic E-state index is 0.131. The fraction of sp³-hybridized carbons (Fsp3) is 0.571. The molecular weight excluding hydrogens is 203 g/mol. The Morgan fingerprint density at radius 3 is 2.88 bits per heavy atom. The predicted octanol–water partition coefficient (Wildman–Crippen LogP) is 3.23. The SMILES string of the molecule is Cc1ccc(F)cc1CCCC(O)C1CC1. The molecule has 0 spiro atoms. The van der Waals surface area contributed by atoms with Crippen molar-refractivity contribution in [2.45, 2.75) is 45.1 Å². The largest absolute Gasteiger partial charge is 0.393 e. The molecule has 0 bridgehead atoms. The smallest absolute Gasteiger partial charge is 0.123 e. The molecular formula is C14H19FO. The van der Waals surface area contributed by atoms with Gasteiger partial charge in [-0.1, -0.05) is 6.07 Å². The third-order valence-electron chi connectivity index (χ3n) is 3.42. The number of hydrogen-bond donors (Lipinski definition) is 1. The molecule has 16 heavy (non-hydrogen) atoms. The van der Waals surface area contributed by atoms with E-state index in [-0.39, 0.29) is 11.9 Å². The molecule has 1 aliphatic rings. The van der Waals surface area contributed by atoms with Crippen molar-refractivity contribution >= 4 is 0 Å². The van der Waals surface area contributed by atoms with Gasteiger partial charge in [-0.25, -0.2) is 4.39 Å². The zero-order chi connectivity index (χ0) is 11.5. The Morgan fingerprint density at radius 2 is 2.19 bits per heavy atom. The van der Waals surface area contributed by atoms with Crippen LogP contribution in [0.4, 0.5) is 4.39 Å². The summed E-state index contributed by atoms with van der Waals surface area (Å²) in [6, 6.07) is 4.93. The molecule has 2 rings (SSSR count). The maximum absolute atomic E-state index is 13.0. The van der Waals surface area contributed by atoms with Crippen LogP contribution in [0.2, 0.25) is 0 Å². The van der Waals surface area contributed by atoms with Crippen LogP contribution in [-0.2, 0) is 6.42 Å². The lowest BCUT2D eigenvalue weighted by Crippen LogP contribution is -2.09. The number of halogens is 1. The van der Waals surface area contributed by atoms with E-state index in [1.807, 2.05) is 13.0 Å². The lowest BCUT2D eigenvalue weighted by Gasteiger charge is -2.10. The predicted molar refractivity (Wildman–Crippen MR) is 62.8 cm³/mol. The molecule has 1 N–H and O–H groups in total. The Hall–Kier alpha value is -0.890. The molecule has 0 heterocycles. The van der Waals surface area contributed by atoms with Gasteiger partial charge < -0.3 is 5.11 Å². The highest BCUT2D eigenvalue weighted by Crippen LogP contribution is 2.34. The summed E-state index contributed by atoms with van der Waals surface area (Å²) in [4.78, 5) is 0. The van der Waals surface area contributed by atoms with E-state index in [1.165, 1.54) is 18.9 Å². The number of hydrogen-bond acceptors (Lipinski definition) is 1.